The van der Waals surface area contributed by atoms with Crippen LogP contribution in [0.2, 0.25) is 0 Å². The van der Waals surface area contributed by atoms with Crippen LogP contribution in [0.15, 0.2) is 0 Å². The minimum atomic E-state index is -5.84. The molecule has 0 heterocycles. The lowest BCUT2D eigenvalue weighted by Gasteiger charge is -2.19. The fourth-order valence-electron chi connectivity index (χ4n) is 0.102. The normalized spacial score (nSPS) is 14.4. The van der Waals surface area contributed by atoms with E-state index < -0.39 is 17.5 Å². The van der Waals surface area contributed by atoms with E-state index >= 15 is 0 Å². The van der Waals surface area contributed by atoms with Gasteiger partial charge in [-0.15, -0.1) is 0 Å². The van der Waals surface area contributed by atoms with Gasteiger partial charge in [-0.2, -0.15) is 17.6 Å². The predicted octanol–water partition coefficient (Wildman–Crippen LogP) is 1.24. The third kappa shape index (κ3) is 1.51. The van der Waals surface area contributed by atoms with Gasteiger partial charge in [-0.3, -0.25) is 0 Å². The zero-order chi connectivity index (χ0) is 8.58. The monoisotopic (exact) mass is 169 g/mol. The Bertz CT molecular complexity index is 117. The maximum Gasteiger partial charge on any atom is 0.446 e. The number of rotatable bonds is 2. The van der Waals surface area contributed by atoms with Gasteiger partial charge < -0.3 is 5.11 Å². The van der Waals surface area contributed by atoms with Crippen LogP contribution in [0.3, 0.4) is 0 Å². The quantitative estimate of drug-likeness (QED) is 0.381. The summed E-state index contributed by atoms with van der Waals surface area (Å²) in [6.07, 6.45) is -5.74. The van der Waals surface area contributed by atoms with E-state index in [2.05, 4.69) is 0 Å². The molecule has 0 aliphatic carbocycles. The van der Waals surface area contributed by atoms with E-state index in [1.807, 2.05) is 0 Å². The number of alkyl halides is 4. The maximum atomic E-state index is 11.2. The predicted molar refractivity (Wildman–Crippen MR) is 16.2 cm³/mol. The van der Waals surface area contributed by atoms with Crippen molar-refractivity contribution in [1.82, 2.24) is 5.34 Å². The van der Waals surface area contributed by atoms with E-state index in [1.54, 1.807) is 0 Å². The molecular weight excluding hydrogens is 168 g/mol. The number of hydrogen-bond donors (Lipinski definition) is 1. The van der Waals surface area contributed by atoms with Crippen molar-refractivity contribution < 1.29 is 31.6 Å². The summed E-state index contributed by atoms with van der Waals surface area (Å²) in [5, 5.41) is 4.05. The van der Waals surface area contributed by atoms with Crippen LogP contribution >= 0.6 is 0 Å². The molecule has 0 saturated carbocycles. The smallest absolute Gasteiger partial charge is 0.330 e. The summed E-state index contributed by atoms with van der Waals surface area (Å²) in [5.41, 5.74) is 0. The number of aliphatic hydroxyl groups is 1. The van der Waals surface area contributed by atoms with Crippen LogP contribution in [0.25, 0.3) is 0 Å². The molecule has 62 valence electrons. The Labute approximate surface area is 50.5 Å². The highest BCUT2D eigenvalue weighted by Gasteiger charge is 2.62. The zero-order valence-corrected chi connectivity index (χ0v) is 4.16. The highest BCUT2D eigenvalue weighted by Crippen LogP contribution is 2.35. The van der Waals surface area contributed by atoms with Crippen molar-refractivity contribution in [3.63, 3.8) is 0 Å². The second kappa shape index (κ2) is 2.27. The minimum Gasteiger partial charge on any atom is -0.330 e. The van der Waals surface area contributed by atoms with E-state index in [1.165, 1.54) is 0 Å². The molecule has 1 N–H and O–H groups in total. The lowest BCUT2D eigenvalue weighted by molar-refractivity contribution is -0.448. The van der Waals surface area contributed by atoms with Crippen molar-refractivity contribution in [2.24, 2.45) is 0 Å². The molecule has 0 radical (unpaired) electrons. The lowest BCUT2D eigenvalue weighted by Crippen LogP contribution is -2.47. The van der Waals surface area contributed by atoms with E-state index in [0.717, 1.165) is 0 Å². The molecule has 0 aliphatic rings. The van der Waals surface area contributed by atoms with Gasteiger partial charge in [0, 0.05) is 0 Å². The highest BCUT2D eigenvalue weighted by molar-refractivity contribution is 4.66. The molecule has 0 bridgehead atoms. The summed E-state index contributed by atoms with van der Waals surface area (Å²) in [7, 11) is 0. The molecule has 0 aromatic rings. The highest BCUT2D eigenvalue weighted by atomic mass is 19.4. The summed E-state index contributed by atoms with van der Waals surface area (Å²) in [5.74, 6) is 0. The zero-order valence-electron chi connectivity index (χ0n) is 4.16. The van der Waals surface area contributed by atoms with Gasteiger partial charge in [0.1, 0.15) is 5.34 Å². The maximum absolute atomic E-state index is 11.2. The van der Waals surface area contributed by atoms with Gasteiger partial charge in [0.15, 0.2) is 0 Å². The van der Waals surface area contributed by atoms with Crippen molar-refractivity contribution in [2.75, 3.05) is 0 Å². The fourth-order valence-corrected chi connectivity index (χ4v) is 0.102. The largest absolute Gasteiger partial charge is 0.446 e. The lowest BCUT2D eigenvalue weighted by atomic mass is 10.5. The topological polar surface area (TPSA) is 23.5 Å². The van der Waals surface area contributed by atoms with Gasteiger partial charge in [0.2, 0.25) is 0 Å². The molecule has 0 rings (SSSR count). The molecule has 0 fully saturated rings. The van der Waals surface area contributed by atoms with Gasteiger partial charge in [-0.05, 0) is 0 Å². The Hall–Kier alpha value is -0.500. The average Bonchev–Trinajstić information content (AvgIpc) is 1.62. The van der Waals surface area contributed by atoms with Crippen LogP contribution in [-0.2, 0) is 0 Å². The average molecular weight is 169 g/mol. The second-order valence-corrected chi connectivity index (χ2v) is 1.32. The Morgan fingerprint density at radius 1 is 1.00 bits per heavy atom. The third-order valence-electron chi connectivity index (χ3n) is 0.574. The molecule has 0 aliphatic heterocycles. The molecule has 0 aromatic heterocycles. The summed E-state index contributed by atoms with van der Waals surface area (Å²) in [4.78, 5) is 0. The molecule has 10 heavy (non-hydrogen) atoms. The molecule has 8 heteroatoms. The van der Waals surface area contributed by atoms with Gasteiger partial charge in [-0.1, -0.05) is 8.96 Å². The van der Waals surface area contributed by atoms with Crippen LogP contribution < -0.4 is 0 Å². The third-order valence-corrected chi connectivity index (χ3v) is 0.574. The van der Waals surface area contributed by atoms with E-state index in [4.69, 9.17) is 5.11 Å². The van der Waals surface area contributed by atoms with Crippen LogP contribution in [0.4, 0.5) is 26.5 Å². The van der Waals surface area contributed by atoms with Crippen molar-refractivity contribution in [2.45, 2.75) is 12.2 Å². The SMILES string of the molecule is OC(F)(F)C(F)(F)N(F)F. The molecule has 0 unspecified atom stereocenters. The van der Waals surface area contributed by atoms with E-state index in [-0.39, 0.29) is 0 Å². The molecule has 0 aromatic carbocycles. The first kappa shape index (κ1) is 9.50. The Morgan fingerprint density at radius 2 is 1.30 bits per heavy atom. The molecule has 0 atom stereocenters. The van der Waals surface area contributed by atoms with Crippen LogP contribution in [-0.4, -0.2) is 22.6 Å². The molecule has 2 nitrogen and oxygen atoms in total. The molecule has 0 spiro atoms. The van der Waals surface area contributed by atoms with Crippen LogP contribution in [0, 0.1) is 0 Å². The second-order valence-electron chi connectivity index (χ2n) is 1.32. The van der Waals surface area contributed by atoms with Crippen LogP contribution in [0.1, 0.15) is 0 Å². The number of hydrogen-bond acceptors (Lipinski definition) is 2. The summed E-state index contributed by atoms with van der Waals surface area (Å²) in [6, 6.07) is -5.84. The summed E-state index contributed by atoms with van der Waals surface area (Å²) < 4.78 is 66.0. The number of nitrogens with zero attached hydrogens (tertiary/aromatic N) is 1. The van der Waals surface area contributed by atoms with Crippen LogP contribution in [0.5, 0.6) is 0 Å². The number of halogens is 6. The first-order chi connectivity index (χ1) is 4.19. The van der Waals surface area contributed by atoms with E-state index in [0.29, 0.717) is 0 Å². The first-order valence-electron chi connectivity index (χ1n) is 1.79. The van der Waals surface area contributed by atoms with Gasteiger partial charge in [0.05, 0.1) is 0 Å². The molecule has 0 amide bonds. The summed E-state index contributed by atoms with van der Waals surface area (Å²) >= 11 is 0. The van der Waals surface area contributed by atoms with Crippen molar-refractivity contribution in [3.8, 4) is 0 Å². The summed E-state index contributed by atoms with van der Waals surface area (Å²) in [6.45, 7) is 0. The Morgan fingerprint density at radius 3 is 1.30 bits per heavy atom. The first-order valence-corrected chi connectivity index (χ1v) is 1.79. The molecular formula is C2HF6NO. The fraction of sp³-hybridized carbons (Fsp3) is 1.00. The van der Waals surface area contributed by atoms with Crippen molar-refractivity contribution >= 4 is 0 Å². The Balaban J connectivity index is 4.40. The van der Waals surface area contributed by atoms with Crippen molar-refractivity contribution in [3.05, 3.63) is 0 Å². The van der Waals surface area contributed by atoms with Crippen molar-refractivity contribution in [1.29, 1.82) is 0 Å². The van der Waals surface area contributed by atoms with Gasteiger partial charge in [-0.25, -0.2) is 0 Å². The molecule has 0 saturated heterocycles. The van der Waals surface area contributed by atoms with Gasteiger partial charge in [0.25, 0.3) is 0 Å². The standard InChI is InChI=1S/C2HF6NO/c3-1(4,9(7)8)2(5,6)10/h10H. The Kier molecular flexibility index (Phi) is 2.16. The van der Waals surface area contributed by atoms with E-state index in [9.17, 15) is 26.5 Å². The minimum absolute atomic E-state index is 3.06. The van der Waals surface area contributed by atoms with Gasteiger partial charge >= 0.3 is 12.2 Å².